The molecule has 1 aliphatic rings. The van der Waals surface area contributed by atoms with Crippen molar-refractivity contribution in [2.45, 2.75) is 45.6 Å². The van der Waals surface area contributed by atoms with E-state index in [0.29, 0.717) is 31.1 Å². The minimum absolute atomic E-state index is 0.138. The van der Waals surface area contributed by atoms with Crippen LogP contribution in [-0.2, 0) is 14.8 Å². The zero-order valence-electron chi connectivity index (χ0n) is 15.3. The molecule has 1 aromatic carbocycles. The second-order valence-electron chi connectivity index (χ2n) is 6.40. The lowest BCUT2D eigenvalue weighted by molar-refractivity contribution is -0.131. The van der Waals surface area contributed by atoms with E-state index < -0.39 is 16.1 Å². The van der Waals surface area contributed by atoms with Gasteiger partial charge >= 0.3 is 0 Å². The predicted molar refractivity (Wildman–Crippen MR) is 99.4 cm³/mol. The van der Waals surface area contributed by atoms with Crippen LogP contribution in [0.1, 0.15) is 39.5 Å². The highest BCUT2D eigenvalue weighted by Crippen LogP contribution is 2.25. The Morgan fingerprint density at radius 2 is 1.72 bits per heavy atom. The number of amides is 1. The van der Waals surface area contributed by atoms with E-state index in [1.807, 2.05) is 6.92 Å². The van der Waals surface area contributed by atoms with Gasteiger partial charge in [-0.3, -0.25) is 9.10 Å². The van der Waals surface area contributed by atoms with Gasteiger partial charge in [-0.2, -0.15) is 0 Å². The summed E-state index contributed by atoms with van der Waals surface area (Å²) in [5, 5.41) is 0. The molecule has 140 valence electrons. The molecule has 0 aromatic heterocycles. The maximum absolute atomic E-state index is 12.9. The summed E-state index contributed by atoms with van der Waals surface area (Å²) in [7, 11) is -3.59. The Morgan fingerprint density at radius 1 is 1.16 bits per heavy atom. The molecule has 0 radical (unpaired) electrons. The number of hydrogen-bond donors (Lipinski definition) is 0. The fourth-order valence-electron chi connectivity index (χ4n) is 3.21. The molecule has 1 amide bonds. The van der Waals surface area contributed by atoms with E-state index in [-0.39, 0.29) is 5.91 Å². The second kappa shape index (κ2) is 8.56. The zero-order valence-corrected chi connectivity index (χ0v) is 16.1. The van der Waals surface area contributed by atoms with Crippen LogP contribution >= 0.6 is 0 Å². The molecule has 0 spiro atoms. The van der Waals surface area contributed by atoms with Gasteiger partial charge in [0.1, 0.15) is 11.8 Å². The summed E-state index contributed by atoms with van der Waals surface area (Å²) < 4.78 is 31.3. The van der Waals surface area contributed by atoms with Crippen LogP contribution < -0.4 is 9.04 Å². The lowest BCUT2D eigenvalue weighted by Crippen LogP contribution is -2.49. The maximum Gasteiger partial charge on any atom is 0.246 e. The maximum atomic E-state index is 12.9. The number of benzene rings is 1. The van der Waals surface area contributed by atoms with E-state index >= 15 is 0 Å². The van der Waals surface area contributed by atoms with Crippen LogP contribution in [0.25, 0.3) is 0 Å². The number of hydrogen-bond acceptors (Lipinski definition) is 4. The minimum atomic E-state index is -3.59. The summed E-state index contributed by atoms with van der Waals surface area (Å²) in [4.78, 5) is 14.7. The molecule has 1 saturated heterocycles. The standard InChI is InChI=1S/C18H28N2O4S/c1-4-24-17-11-9-16(10-12-17)20(25(3,22)23)15(2)18(21)19-13-7-5-6-8-14-19/h9-12,15H,4-8,13-14H2,1-3H3/t15-/m1/s1. The van der Waals surface area contributed by atoms with E-state index in [1.165, 1.54) is 4.31 Å². The molecule has 0 saturated carbocycles. The van der Waals surface area contributed by atoms with E-state index in [9.17, 15) is 13.2 Å². The summed E-state index contributed by atoms with van der Waals surface area (Å²) in [6.07, 6.45) is 5.32. The number of carbonyl (C=O) groups is 1. The van der Waals surface area contributed by atoms with Crippen LogP contribution in [0.5, 0.6) is 5.75 Å². The SMILES string of the molecule is CCOc1ccc(N([C@H](C)C(=O)N2CCCCCC2)S(C)(=O)=O)cc1. The van der Waals surface area contributed by atoms with Gasteiger partial charge < -0.3 is 9.64 Å². The largest absolute Gasteiger partial charge is 0.494 e. The molecule has 0 aliphatic carbocycles. The van der Waals surface area contributed by atoms with Gasteiger partial charge in [-0.15, -0.1) is 0 Å². The van der Waals surface area contributed by atoms with E-state index in [4.69, 9.17) is 4.74 Å². The molecule has 6 nitrogen and oxygen atoms in total. The molecule has 1 heterocycles. The Labute approximate surface area is 150 Å². The number of sulfonamides is 1. The van der Waals surface area contributed by atoms with Gasteiger partial charge in [0.05, 0.1) is 18.6 Å². The van der Waals surface area contributed by atoms with Crippen LogP contribution in [0.4, 0.5) is 5.69 Å². The number of likely N-dealkylation sites (tertiary alicyclic amines) is 1. The minimum Gasteiger partial charge on any atom is -0.494 e. The van der Waals surface area contributed by atoms with Crippen molar-refractivity contribution in [2.75, 3.05) is 30.3 Å². The fraction of sp³-hybridized carbons (Fsp3) is 0.611. The Bertz CT molecular complexity index is 665. The molecule has 1 fully saturated rings. The Morgan fingerprint density at radius 3 is 2.20 bits per heavy atom. The molecule has 2 rings (SSSR count). The Balaban J connectivity index is 2.25. The van der Waals surface area contributed by atoms with Crippen molar-refractivity contribution in [3.63, 3.8) is 0 Å². The normalized spacial score (nSPS) is 16.8. The zero-order chi connectivity index (χ0) is 18.4. The van der Waals surface area contributed by atoms with Crippen LogP contribution in [0.2, 0.25) is 0 Å². The third-order valence-corrected chi connectivity index (χ3v) is 5.63. The number of rotatable bonds is 6. The monoisotopic (exact) mass is 368 g/mol. The van der Waals surface area contributed by atoms with Crippen LogP contribution in [-0.4, -0.2) is 51.2 Å². The predicted octanol–water partition coefficient (Wildman–Crippen LogP) is 2.64. The topological polar surface area (TPSA) is 66.9 Å². The molecular formula is C18H28N2O4S. The smallest absolute Gasteiger partial charge is 0.246 e. The van der Waals surface area contributed by atoms with Crippen molar-refractivity contribution in [3.05, 3.63) is 24.3 Å². The van der Waals surface area contributed by atoms with Crippen molar-refractivity contribution in [1.29, 1.82) is 0 Å². The summed E-state index contributed by atoms with van der Waals surface area (Å²) in [6.45, 7) is 5.48. The lowest BCUT2D eigenvalue weighted by atomic mass is 10.2. The fourth-order valence-corrected chi connectivity index (χ4v) is 4.38. The van der Waals surface area contributed by atoms with Gasteiger partial charge in [-0.1, -0.05) is 12.8 Å². The first kappa shape index (κ1) is 19.6. The first-order valence-corrected chi connectivity index (χ1v) is 10.7. The third-order valence-electron chi connectivity index (χ3n) is 4.39. The molecule has 25 heavy (non-hydrogen) atoms. The van der Waals surface area contributed by atoms with Crippen LogP contribution in [0, 0.1) is 0 Å². The van der Waals surface area contributed by atoms with Crippen LogP contribution in [0.15, 0.2) is 24.3 Å². The first-order valence-electron chi connectivity index (χ1n) is 8.85. The molecule has 7 heteroatoms. The average molecular weight is 368 g/mol. The first-order chi connectivity index (χ1) is 11.8. The van der Waals surface area contributed by atoms with Gasteiger partial charge in [-0.25, -0.2) is 8.42 Å². The van der Waals surface area contributed by atoms with E-state index in [0.717, 1.165) is 31.9 Å². The molecule has 0 unspecified atom stereocenters. The number of ether oxygens (including phenoxy) is 1. The molecule has 1 aromatic rings. The van der Waals surface area contributed by atoms with Gasteiger partial charge in [0, 0.05) is 13.1 Å². The van der Waals surface area contributed by atoms with Gasteiger partial charge in [0.15, 0.2) is 0 Å². The van der Waals surface area contributed by atoms with Crippen molar-refractivity contribution < 1.29 is 17.9 Å². The highest BCUT2D eigenvalue weighted by Gasteiger charge is 2.32. The van der Waals surface area contributed by atoms with Crippen molar-refractivity contribution in [3.8, 4) is 5.75 Å². The number of nitrogens with zero attached hydrogens (tertiary/aromatic N) is 2. The van der Waals surface area contributed by atoms with E-state index in [1.54, 1.807) is 36.1 Å². The third kappa shape index (κ3) is 5.11. The molecule has 1 aliphatic heterocycles. The van der Waals surface area contributed by atoms with E-state index in [2.05, 4.69) is 0 Å². The summed E-state index contributed by atoms with van der Waals surface area (Å²) in [5.41, 5.74) is 0.474. The molecular weight excluding hydrogens is 340 g/mol. The second-order valence-corrected chi connectivity index (χ2v) is 8.26. The Kier molecular flexibility index (Phi) is 6.70. The van der Waals surface area contributed by atoms with Crippen molar-refractivity contribution >= 4 is 21.6 Å². The van der Waals surface area contributed by atoms with Crippen molar-refractivity contribution in [1.82, 2.24) is 4.90 Å². The Hall–Kier alpha value is -1.76. The number of anilines is 1. The van der Waals surface area contributed by atoms with Gasteiger partial charge in [0.2, 0.25) is 15.9 Å². The lowest BCUT2D eigenvalue weighted by Gasteiger charge is -2.32. The highest BCUT2D eigenvalue weighted by molar-refractivity contribution is 7.92. The van der Waals surface area contributed by atoms with Crippen LogP contribution in [0.3, 0.4) is 0 Å². The van der Waals surface area contributed by atoms with Gasteiger partial charge in [-0.05, 0) is 51.0 Å². The molecule has 0 N–H and O–H groups in total. The molecule has 1 atom stereocenters. The summed E-state index contributed by atoms with van der Waals surface area (Å²) >= 11 is 0. The summed E-state index contributed by atoms with van der Waals surface area (Å²) in [5.74, 6) is 0.535. The number of carbonyl (C=O) groups excluding carboxylic acids is 1. The van der Waals surface area contributed by atoms with Crippen molar-refractivity contribution in [2.24, 2.45) is 0 Å². The summed E-state index contributed by atoms with van der Waals surface area (Å²) in [6, 6.07) is 6.03. The quantitative estimate of drug-likeness (QED) is 0.774. The molecule has 0 bridgehead atoms. The van der Waals surface area contributed by atoms with Gasteiger partial charge in [0.25, 0.3) is 0 Å². The average Bonchev–Trinajstić information content (AvgIpc) is 2.84. The highest BCUT2D eigenvalue weighted by atomic mass is 32.2.